The molecule has 5 nitrogen and oxygen atoms in total. The molecule has 2 N–H and O–H groups in total. The fourth-order valence-electron chi connectivity index (χ4n) is 1.49. The Bertz CT molecular complexity index is 578. The van der Waals surface area contributed by atoms with Crippen molar-refractivity contribution in [1.82, 2.24) is 5.32 Å². The number of hydrogen-bond acceptors (Lipinski definition) is 5. The second-order valence-electron chi connectivity index (χ2n) is 4.40. The zero-order valence-electron chi connectivity index (χ0n) is 10.0. The van der Waals surface area contributed by atoms with E-state index in [2.05, 4.69) is 28.9 Å². The molecule has 0 unspecified atom stereocenters. The monoisotopic (exact) mass is 307 g/mol. The lowest BCUT2D eigenvalue weighted by Crippen LogP contribution is -2.35. The first-order valence-corrected chi connectivity index (χ1v) is 8.17. The van der Waals surface area contributed by atoms with E-state index in [9.17, 15) is 8.42 Å². The predicted octanol–water partition coefficient (Wildman–Crippen LogP) is 2.51. The van der Waals surface area contributed by atoms with E-state index < -0.39 is 10.0 Å². The summed E-state index contributed by atoms with van der Waals surface area (Å²) < 4.78 is 28.0. The van der Waals surface area contributed by atoms with Crippen LogP contribution in [0.1, 0.15) is 20.3 Å². The Balaban J connectivity index is 2.15. The minimum Gasteiger partial charge on any atom is -0.355 e. The van der Waals surface area contributed by atoms with Crippen LogP contribution in [0.4, 0.5) is 5.69 Å². The highest BCUT2D eigenvalue weighted by atomic mass is 35.5. The molecule has 18 heavy (non-hydrogen) atoms. The van der Waals surface area contributed by atoms with Crippen LogP contribution in [0.5, 0.6) is 0 Å². The molecule has 0 radical (unpaired) electrons. The SMILES string of the molecule is CC(C)CCNC1=NS(=O)(=O)c2sc(Cl)cc2N1. The smallest absolute Gasteiger partial charge is 0.297 e. The second kappa shape index (κ2) is 5.07. The predicted molar refractivity (Wildman–Crippen MR) is 75.0 cm³/mol. The van der Waals surface area contributed by atoms with Crippen LogP contribution in [0, 0.1) is 5.92 Å². The summed E-state index contributed by atoms with van der Waals surface area (Å²) in [6.45, 7) is 4.88. The maximum Gasteiger partial charge on any atom is 0.297 e. The van der Waals surface area contributed by atoms with Gasteiger partial charge in [-0.3, -0.25) is 0 Å². The van der Waals surface area contributed by atoms with E-state index in [0.717, 1.165) is 17.8 Å². The lowest BCUT2D eigenvalue weighted by atomic mass is 10.1. The zero-order valence-corrected chi connectivity index (χ0v) is 12.4. The van der Waals surface area contributed by atoms with Crippen LogP contribution >= 0.6 is 22.9 Å². The van der Waals surface area contributed by atoms with Gasteiger partial charge in [0.15, 0.2) is 4.21 Å². The van der Waals surface area contributed by atoms with E-state index in [-0.39, 0.29) is 10.2 Å². The fraction of sp³-hybridized carbons (Fsp3) is 0.500. The largest absolute Gasteiger partial charge is 0.355 e. The minimum atomic E-state index is -3.62. The Hall–Kier alpha value is -0.790. The number of fused-ring (bicyclic) bond motifs is 1. The standard InChI is InChI=1S/C10H14ClN3O2S2/c1-6(2)3-4-12-10-13-7-5-8(11)17-9(7)18(15,16)14-10/h5-6H,3-4H2,1-2H3,(H2,12,13,14). The molecule has 0 aliphatic carbocycles. The second-order valence-corrected chi connectivity index (χ2v) is 7.88. The van der Waals surface area contributed by atoms with Gasteiger partial charge in [0.05, 0.1) is 10.0 Å². The zero-order chi connectivity index (χ0) is 13.3. The van der Waals surface area contributed by atoms with E-state index in [1.807, 2.05) is 0 Å². The van der Waals surface area contributed by atoms with Crippen molar-refractivity contribution in [2.75, 3.05) is 11.9 Å². The van der Waals surface area contributed by atoms with Gasteiger partial charge in [0, 0.05) is 6.54 Å². The van der Waals surface area contributed by atoms with Crippen LogP contribution in [0.3, 0.4) is 0 Å². The van der Waals surface area contributed by atoms with Crippen LogP contribution in [0.2, 0.25) is 4.34 Å². The number of sulfonamides is 1. The Labute approximate surface area is 115 Å². The molecule has 0 saturated carbocycles. The summed E-state index contributed by atoms with van der Waals surface area (Å²) in [5, 5.41) is 5.91. The summed E-state index contributed by atoms with van der Waals surface area (Å²) in [7, 11) is -3.62. The summed E-state index contributed by atoms with van der Waals surface area (Å²) in [5.41, 5.74) is 0.493. The van der Waals surface area contributed by atoms with E-state index in [4.69, 9.17) is 11.6 Å². The first kappa shape index (κ1) is 13.6. The molecule has 1 aliphatic heterocycles. The molecule has 100 valence electrons. The van der Waals surface area contributed by atoms with Gasteiger partial charge in [-0.1, -0.05) is 25.4 Å². The van der Waals surface area contributed by atoms with Crippen molar-refractivity contribution < 1.29 is 8.42 Å². The van der Waals surface area contributed by atoms with Crippen molar-refractivity contribution in [3.05, 3.63) is 10.4 Å². The van der Waals surface area contributed by atoms with E-state index in [1.165, 1.54) is 0 Å². The van der Waals surface area contributed by atoms with Crippen molar-refractivity contribution in [2.24, 2.45) is 10.3 Å². The summed E-state index contributed by atoms with van der Waals surface area (Å²) >= 11 is 6.82. The molecule has 1 aromatic rings. The number of rotatable bonds is 3. The molecule has 1 aliphatic rings. The van der Waals surface area contributed by atoms with Crippen molar-refractivity contribution >= 4 is 44.6 Å². The molecule has 0 fully saturated rings. The third kappa shape index (κ3) is 2.96. The maximum atomic E-state index is 11.9. The highest BCUT2D eigenvalue weighted by Crippen LogP contribution is 2.37. The molecule has 1 aromatic heterocycles. The Morgan fingerprint density at radius 3 is 2.94 bits per heavy atom. The number of nitrogens with zero attached hydrogens (tertiary/aromatic N) is 1. The number of hydrogen-bond donors (Lipinski definition) is 2. The Morgan fingerprint density at radius 2 is 2.28 bits per heavy atom. The van der Waals surface area contributed by atoms with Gasteiger partial charge in [-0.2, -0.15) is 8.42 Å². The highest BCUT2D eigenvalue weighted by molar-refractivity contribution is 7.92. The van der Waals surface area contributed by atoms with Crippen molar-refractivity contribution in [3.63, 3.8) is 0 Å². The summed E-state index contributed by atoms with van der Waals surface area (Å²) in [4.78, 5) is 0. The molecule has 2 rings (SSSR count). The third-order valence-corrected chi connectivity index (χ3v) is 5.43. The molecular formula is C10H14ClN3O2S2. The van der Waals surface area contributed by atoms with Gasteiger partial charge >= 0.3 is 0 Å². The van der Waals surface area contributed by atoms with Crippen LogP contribution in [-0.4, -0.2) is 20.9 Å². The van der Waals surface area contributed by atoms with E-state index in [1.54, 1.807) is 6.07 Å². The van der Waals surface area contributed by atoms with E-state index >= 15 is 0 Å². The normalized spacial score (nSPS) is 17.0. The lowest BCUT2D eigenvalue weighted by molar-refractivity contribution is 0.577. The van der Waals surface area contributed by atoms with Crippen LogP contribution in [-0.2, 0) is 10.0 Å². The van der Waals surface area contributed by atoms with Gasteiger partial charge < -0.3 is 10.6 Å². The number of thiophene rings is 1. The Morgan fingerprint density at radius 1 is 1.56 bits per heavy atom. The van der Waals surface area contributed by atoms with Crippen molar-refractivity contribution in [1.29, 1.82) is 0 Å². The number of nitrogens with one attached hydrogen (secondary N) is 2. The third-order valence-electron chi connectivity index (χ3n) is 2.38. The topological polar surface area (TPSA) is 70.6 Å². The molecule has 8 heteroatoms. The molecule has 0 atom stereocenters. The first-order valence-electron chi connectivity index (χ1n) is 5.53. The summed E-state index contributed by atoms with van der Waals surface area (Å²) in [6, 6.07) is 1.60. The van der Waals surface area contributed by atoms with Crippen LogP contribution in [0.15, 0.2) is 14.7 Å². The van der Waals surface area contributed by atoms with Gasteiger partial charge in [0.25, 0.3) is 10.0 Å². The lowest BCUT2D eigenvalue weighted by Gasteiger charge is -2.16. The molecular weight excluding hydrogens is 294 g/mol. The van der Waals surface area contributed by atoms with Crippen molar-refractivity contribution in [2.45, 2.75) is 24.5 Å². The van der Waals surface area contributed by atoms with Gasteiger partial charge in [0.1, 0.15) is 0 Å². The molecule has 2 heterocycles. The number of halogens is 1. The van der Waals surface area contributed by atoms with Gasteiger partial charge in [-0.05, 0) is 18.4 Å². The molecule has 0 spiro atoms. The number of anilines is 1. The average Bonchev–Trinajstić information content (AvgIpc) is 2.58. The molecule has 0 aromatic carbocycles. The molecule has 0 saturated heterocycles. The molecule has 0 amide bonds. The maximum absolute atomic E-state index is 11.9. The van der Waals surface area contributed by atoms with Gasteiger partial charge in [0.2, 0.25) is 5.96 Å². The number of guanidine groups is 1. The minimum absolute atomic E-state index is 0.168. The first-order chi connectivity index (χ1) is 8.38. The van der Waals surface area contributed by atoms with Gasteiger partial charge in [-0.25, -0.2) is 0 Å². The quantitative estimate of drug-likeness (QED) is 0.900. The Kier molecular flexibility index (Phi) is 3.84. The summed E-state index contributed by atoms with van der Waals surface area (Å²) in [5.74, 6) is 0.807. The van der Waals surface area contributed by atoms with Crippen LogP contribution in [0.25, 0.3) is 0 Å². The molecule has 0 bridgehead atoms. The summed E-state index contributed by atoms with van der Waals surface area (Å²) in [6.07, 6.45) is 0.942. The average molecular weight is 308 g/mol. The van der Waals surface area contributed by atoms with Gasteiger partial charge in [-0.15, -0.1) is 15.7 Å². The van der Waals surface area contributed by atoms with Crippen LogP contribution < -0.4 is 10.6 Å². The fourth-order valence-corrected chi connectivity index (χ4v) is 4.17. The highest BCUT2D eigenvalue weighted by Gasteiger charge is 2.27. The van der Waals surface area contributed by atoms with E-state index in [0.29, 0.717) is 22.5 Å². The van der Waals surface area contributed by atoms with Crippen molar-refractivity contribution in [3.8, 4) is 0 Å².